The summed E-state index contributed by atoms with van der Waals surface area (Å²) in [5.41, 5.74) is 2.52. The lowest BCUT2D eigenvalue weighted by atomic mass is 9.98. The second-order valence-electron chi connectivity index (χ2n) is 7.38. The number of aromatic nitrogens is 4. The lowest BCUT2D eigenvalue weighted by molar-refractivity contribution is 0.178. The molecule has 1 fully saturated rings. The van der Waals surface area contributed by atoms with Gasteiger partial charge in [0.1, 0.15) is 5.65 Å². The molecule has 1 aliphatic heterocycles. The van der Waals surface area contributed by atoms with Crippen molar-refractivity contribution in [2.24, 2.45) is 0 Å². The number of rotatable bonds is 6. The molecule has 0 spiro atoms. The molecular formula is C20H25N5O3. The topological polar surface area (TPSA) is 85.8 Å². The van der Waals surface area contributed by atoms with Crippen LogP contribution in [0, 0.1) is 6.92 Å². The van der Waals surface area contributed by atoms with Crippen molar-refractivity contribution in [3.8, 4) is 0 Å². The average Bonchev–Trinajstić information content (AvgIpc) is 3.15. The molecule has 4 heterocycles. The highest BCUT2D eigenvalue weighted by Gasteiger charge is 2.26. The van der Waals surface area contributed by atoms with Crippen molar-refractivity contribution in [3.05, 3.63) is 57.7 Å². The molecule has 3 aromatic heterocycles. The van der Waals surface area contributed by atoms with E-state index in [4.69, 9.17) is 9.26 Å². The number of pyridine rings is 1. The van der Waals surface area contributed by atoms with Crippen LogP contribution in [0.1, 0.15) is 41.7 Å². The van der Waals surface area contributed by atoms with Crippen molar-refractivity contribution in [3.63, 3.8) is 0 Å². The van der Waals surface area contributed by atoms with Crippen molar-refractivity contribution in [2.75, 3.05) is 26.8 Å². The molecule has 28 heavy (non-hydrogen) atoms. The van der Waals surface area contributed by atoms with E-state index in [9.17, 15) is 4.79 Å². The lowest BCUT2D eigenvalue weighted by Crippen LogP contribution is -2.34. The van der Waals surface area contributed by atoms with Gasteiger partial charge in [0.05, 0.1) is 18.2 Å². The van der Waals surface area contributed by atoms with Gasteiger partial charge in [-0.25, -0.2) is 4.98 Å². The minimum atomic E-state index is -0.0479. The number of piperidine rings is 1. The number of aryl methyl sites for hydroxylation is 1. The van der Waals surface area contributed by atoms with Gasteiger partial charge >= 0.3 is 0 Å². The van der Waals surface area contributed by atoms with Crippen LogP contribution in [-0.2, 0) is 17.7 Å². The molecule has 0 aliphatic carbocycles. The van der Waals surface area contributed by atoms with Gasteiger partial charge in [-0.1, -0.05) is 5.16 Å². The van der Waals surface area contributed by atoms with Gasteiger partial charge in [-0.2, -0.15) is 4.98 Å². The van der Waals surface area contributed by atoms with E-state index in [1.165, 1.54) is 0 Å². The first-order chi connectivity index (χ1) is 13.6. The third-order valence-electron chi connectivity index (χ3n) is 5.13. The Bertz CT molecular complexity index is 1010. The first kappa shape index (κ1) is 18.8. The van der Waals surface area contributed by atoms with Crippen molar-refractivity contribution in [1.29, 1.82) is 0 Å². The summed E-state index contributed by atoms with van der Waals surface area (Å²) >= 11 is 0. The van der Waals surface area contributed by atoms with E-state index >= 15 is 0 Å². The number of nitrogens with zero attached hydrogens (tertiary/aromatic N) is 5. The zero-order chi connectivity index (χ0) is 19.5. The molecular weight excluding hydrogens is 358 g/mol. The molecule has 8 heteroatoms. The Labute approximate surface area is 163 Å². The Morgan fingerprint density at radius 3 is 3.07 bits per heavy atom. The normalized spacial score (nSPS) is 18.0. The third-order valence-corrected chi connectivity index (χ3v) is 5.13. The maximum atomic E-state index is 12.4. The van der Waals surface area contributed by atoms with Crippen LogP contribution in [0.4, 0.5) is 0 Å². The zero-order valence-electron chi connectivity index (χ0n) is 16.3. The summed E-state index contributed by atoms with van der Waals surface area (Å²) in [6.45, 7) is 5.01. The van der Waals surface area contributed by atoms with Crippen LogP contribution < -0.4 is 5.56 Å². The number of methoxy groups -OCH3 is 1. The molecule has 0 saturated carbocycles. The van der Waals surface area contributed by atoms with Gasteiger partial charge in [0, 0.05) is 38.9 Å². The quantitative estimate of drug-likeness (QED) is 0.643. The zero-order valence-corrected chi connectivity index (χ0v) is 16.3. The number of fused-ring (bicyclic) bond motifs is 1. The van der Waals surface area contributed by atoms with Crippen LogP contribution in [0.25, 0.3) is 5.65 Å². The molecule has 0 N–H and O–H groups in total. The molecule has 0 radical (unpaired) electrons. The van der Waals surface area contributed by atoms with Crippen molar-refractivity contribution in [1.82, 2.24) is 24.4 Å². The fourth-order valence-corrected chi connectivity index (χ4v) is 3.69. The standard InChI is InChI=1S/C20H25N5O3/c1-14-5-8-25-18(10-14)21-16(11-19(25)26)13-24-7-3-4-15(12-24)20-22-17(23-28-20)6-9-27-2/h5,8,10-11,15H,3-4,6-7,9,12-13H2,1-2H3. The first-order valence-corrected chi connectivity index (χ1v) is 9.65. The Balaban J connectivity index is 1.47. The van der Waals surface area contributed by atoms with E-state index in [0.717, 1.165) is 37.2 Å². The number of ether oxygens (including phenoxy) is 1. The summed E-state index contributed by atoms with van der Waals surface area (Å²) in [7, 11) is 1.66. The maximum absolute atomic E-state index is 12.4. The second kappa shape index (κ2) is 8.20. The molecule has 0 aromatic carbocycles. The summed E-state index contributed by atoms with van der Waals surface area (Å²) in [5.74, 6) is 1.59. The Kier molecular flexibility index (Phi) is 5.50. The van der Waals surface area contributed by atoms with Crippen LogP contribution in [-0.4, -0.2) is 51.2 Å². The molecule has 0 amide bonds. The first-order valence-electron chi connectivity index (χ1n) is 9.65. The fourth-order valence-electron chi connectivity index (χ4n) is 3.69. The summed E-state index contributed by atoms with van der Waals surface area (Å²) in [6, 6.07) is 5.47. The highest BCUT2D eigenvalue weighted by Crippen LogP contribution is 2.26. The van der Waals surface area contributed by atoms with Crippen LogP contribution in [0.2, 0.25) is 0 Å². The monoisotopic (exact) mass is 383 g/mol. The van der Waals surface area contributed by atoms with E-state index in [0.29, 0.717) is 36.9 Å². The smallest absolute Gasteiger partial charge is 0.258 e. The summed E-state index contributed by atoms with van der Waals surface area (Å²) < 4.78 is 12.1. The highest BCUT2D eigenvalue weighted by atomic mass is 16.5. The maximum Gasteiger partial charge on any atom is 0.258 e. The molecule has 1 unspecified atom stereocenters. The van der Waals surface area contributed by atoms with E-state index in [1.807, 2.05) is 19.1 Å². The molecule has 4 rings (SSSR count). The predicted octanol–water partition coefficient (Wildman–Crippen LogP) is 1.95. The summed E-state index contributed by atoms with van der Waals surface area (Å²) in [6.07, 6.45) is 4.50. The van der Waals surface area contributed by atoms with Gasteiger partial charge in [-0.15, -0.1) is 0 Å². The van der Waals surface area contributed by atoms with Crippen molar-refractivity contribution in [2.45, 2.75) is 38.6 Å². The van der Waals surface area contributed by atoms with E-state index in [1.54, 1.807) is 23.8 Å². The Morgan fingerprint density at radius 2 is 2.21 bits per heavy atom. The second-order valence-corrected chi connectivity index (χ2v) is 7.38. The predicted molar refractivity (Wildman–Crippen MR) is 103 cm³/mol. The van der Waals surface area contributed by atoms with Crippen LogP contribution in [0.15, 0.2) is 33.7 Å². The molecule has 148 valence electrons. The van der Waals surface area contributed by atoms with Gasteiger partial charge in [0.2, 0.25) is 5.89 Å². The van der Waals surface area contributed by atoms with Crippen LogP contribution >= 0.6 is 0 Å². The number of hydrogen-bond donors (Lipinski definition) is 0. The van der Waals surface area contributed by atoms with E-state index in [-0.39, 0.29) is 11.5 Å². The minimum Gasteiger partial charge on any atom is -0.384 e. The summed E-state index contributed by atoms with van der Waals surface area (Å²) in [5, 5.41) is 4.05. The third kappa shape index (κ3) is 4.13. The molecule has 1 saturated heterocycles. The lowest BCUT2D eigenvalue weighted by Gasteiger charge is -2.30. The Morgan fingerprint density at radius 1 is 1.32 bits per heavy atom. The van der Waals surface area contributed by atoms with Gasteiger partial charge in [-0.3, -0.25) is 14.1 Å². The van der Waals surface area contributed by atoms with E-state index in [2.05, 4.69) is 20.0 Å². The van der Waals surface area contributed by atoms with Crippen LogP contribution in [0.5, 0.6) is 0 Å². The largest absolute Gasteiger partial charge is 0.384 e. The van der Waals surface area contributed by atoms with Gasteiger partial charge < -0.3 is 9.26 Å². The SMILES string of the molecule is COCCc1noc(C2CCCN(Cc3cc(=O)n4ccc(C)cc4n3)C2)n1. The van der Waals surface area contributed by atoms with Gasteiger partial charge in [0.15, 0.2) is 5.82 Å². The summed E-state index contributed by atoms with van der Waals surface area (Å²) in [4.78, 5) is 23.9. The van der Waals surface area contributed by atoms with Crippen molar-refractivity contribution >= 4 is 5.65 Å². The van der Waals surface area contributed by atoms with E-state index < -0.39 is 0 Å². The molecule has 1 atom stereocenters. The molecule has 8 nitrogen and oxygen atoms in total. The molecule has 3 aromatic rings. The molecule has 1 aliphatic rings. The fraction of sp³-hybridized carbons (Fsp3) is 0.500. The average molecular weight is 383 g/mol. The Hall–Kier alpha value is -2.58. The molecule has 0 bridgehead atoms. The minimum absolute atomic E-state index is 0.0479. The van der Waals surface area contributed by atoms with Crippen LogP contribution in [0.3, 0.4) is 0 Å². The highest BCUT2D eigenvalue weighted by molar-refractivity contribution is 5.41. The van der Waals surface area contributed by atoms with Gasteiger partial charge in [0.25, 0.3) is 5.56 Å². The van der Waals surface area contributed by atoms with Crippen molar-refractivity contribution < 1.29 is 9.26 Å². The van der Waals surface area contributed by atoms with Gasteiger partial charge in [-0.05, 0) is 44.0 Å². The number of likely N-dealkylation sites (tertiary alicyclic amines) is 1. The number of hydrogen-bond acceptors (Lipinski definition) is 7.